The fraction of sp³-hybridized carbons (Fsp3) is 0.829. The zero-order valence-corrected chi connectivity index (χ0v) is 30.1. The van der Waals surface area contributed by atoms with Gasteiger partial charge in [-0.1, -0.05) is 185 Å². The molecule has 0 heterocycles. The van der Waals surface area contributed by atoms with Crippen LogP contribution in [-0.2, 0) is 4.79 Å². The van der Waals surface area contributed by atoms with E-state index in [1.807, 2.05) is 6.08 Å². The Morgan fingerprint density at radius 1 is 0.511 bits per heavy atom. The van der Waals surface area contributed by atoms with Gasteiger partial charge in [0.1, 0.15) is 0 Å². The van der Waals surface area contributed by atoms with Gasteiger partial charge >= 0.3 is 0 Å². The first kappa shape index (κ1) is 43.6. The van der Waals surface area contributed by atoms with Gasteiger partial charge < -0.3 is 15.5 Å². The molecular weight excluding hydrogens is 554 g/mol. The van der Waals surface area contributed by atoms with Gasteiger partial charge in [-0.25, -0.2) is 0 Å². The van der Waals surface area contributed by atoms with E-state index in [0.29, 0.717) is 6.42 Å². The topological polar surface area (TPSA) is 69.6 Å². The summed E-state index contributed by atoms with van der Waals surface area (Å²) in [6, 6.07) is -0.640. The molecule has 1 amide bonds. The first-order chi connectivity index (χ1) is 22.2. The van der Waals surface area contributed by atoms with E-state index >= 15 is 0 Å². The lowest BCUT2D eigenvalue weighted by atomic mass is 10.0. The van der Waals surface area contributed by atoms with Gasteiger partial charge in [0.25, 0.3) is 0 Å². The highest BCUT2D eigenvalue weighted by atomic mass is 16.3. The second kappa shape index (κ2) is 37.1. The minimum Gasteiger partial charge on any atom is -0.394 e. The number of amides is 1. The zero-order chi connectivity index (χ0) is 32.9. The van der Waals surface area contributed by atoms with Crippen molar-refractivity contribution in [3.63, 3.8) is 0 Å². The summed E-state index contributed by atoms with van der Waals surface area (Å²) >= 11 is 0. The molecule has 0 bridgehead atoms. The molecule has 4 nitrogen and oxygen atoms in total. The van der Waals surface area contributed by atoms with Gasteiger partial charge in [0.15, 0.2) is 0 Å². The number of nitrogens with one attached hydrogen (secondary N) is 1. The van der Waals surface area contributed by atoms with E-state index in [1.54, 1.807) is 6.08 Å². The van der Waals surface area contributed by atoms with Crippen LogP contribution < -0.4 is 5.32 Å². The summed E-state index contributed by atoms with van der Waals surface area (Å²) in [5.74, 6) is -0.0811. The minimum atomic E-state index is -0.865. The van der Waals surface area contributed by atoms with Crippen LogP contribution in [0.5, 0.6) is 0 Å². The Morgan fingerprint density at radius 3 is 1.29 bits per heavy atom. The third-order valence-electron chi connectivity index (χ3n) is 8.85. The molecule has 0 aromatic heterocycles. The molecule has 0 aliphatic carbocycles. The van der Waals surface area contributed by atoms with Crippen LogP contribution in [0.4, 0.5) is 0 Å². The third kappa shape index (κ3) is 33.8. The van der Waals surface area contributed by atoms with Crippen molar-refractivity contribution in [2.24, 2.45) is 0 Å². The largest absolute Gasteiger partial charge is 0.394 e. The lowest BCUT2D eigenvalue weighted by Crippen LogP contribution is -2.45. The summed E-state index contributed by atoms with van der Waals surface area (Å²) in [6.45, 7) is 4.27. The number of unbranched alkanes of at least 4 members (excludes halogenated alkanes) is 24. The molecule has 0 saturated heterocycles. The highest BCUT2D eigenvalue weighted by Crippen LogP contribution is 2.14. The van der Waals surface area contributed by atoms with Crippen LogP contribution in [0.1, 0.15) is 200 Å². The fourth-order valence-electron chi connectivity index (χ4n) is 5.80. The standard InChI is InChI=1S/C41H77NO3/c1-3-5-7-9-11-13-15-16-17-18-19-20-21-22-23-24-25-26-27-28-30-32-34-36-40(44)39(38-43)42-41(45)37-35-33-31-29-14-12-10-8-6-4-2/h23-24,27-28,34,36,39-40,43-44H,3-22,25-26,29-33,35,37-38H2,1-2H3,(H,42,45)/b24-23+,28-27+,36-34+. The van der Waals surface area contributed by atoms with Gasteiger partial charge in [-0.3, -0.25) is 4.79 Å². The van der Waals surface area contributed by atoms with Crippen LogP contribution in [0, 0.1) is 0 Å². The molecule has 0 fully saturated rings. The Kier molecular flexibility index (Phi) is 35.9. The highest BCUT2D eigenvalue weighted by molar-refractivity contribution is 5.76. The summed E-state index contributed by atoms with van der Waals surface area (Å²) in [5, 5.41) is 22.8. The summed E-state index contributed by atoms with van der Waals surface area (Å²) < 4.78 is 0. The number of carbonyl (C=O) groups is 1. The maximum atomic E-state index is 12.3. The molecule has 4 heteroatoms. The predicted octanol–water partition coefficient (Wildman–Crippen LogP) is 11.8. The zero-order valence-electron chi connectivity index (χ0n) is 30.1. The molecule has 0 aromatic rings. The minimum absolute atomic E-state index is 0.0811. The van der Waals surface area contributed by atoms with E-state index in [0.717, 1.165) is 38.5 Å². The highest BCUT2D eigenvalue weighted by Gasteiger charge is 2.17. The molecule has 3 N–H and O–H groups in total. The molecule has 2 atom stereocenters. The SMILES string of the molecule is CCCCCCCCCCCCCCC/C=C/CC/C=C/CC/C=C/C(O)C(CO)NC(=O)CCCCCCCCCCCC. The van der Waals surface area contributed by atoms with Crippen LogP contribution >= 0.6 is 0 Å². The van der Waals surface area contributed by atoms with Crippen molar-refractivity contribution in [3.05, 3.63) is 36.5 Å². The van der Waals surface area contributed by atoms with Gasteiger partial charge in [0, 0.05) is 6.42 Å². The number of aliphatic hydroxyl groups is 2. The lowest BCUT2D eigenvalue weighted by molar-refractivity contribution is -0.123. The number of hydrogen-bond acceptors (Lipinski definition) is 3. The number of allylic oxidation sites excluding steroid dienone is 5. The van der Waals surface area contributed by atoms with Crippen molar-refractivity contribution in [3.8, 4) is 0 Å². The van der Waals surface area contributed by atoms with Crippen molar-refractivity contribution < 1.29 is 15.0 Å². The molecule has 2 unspecified atom stereocenters. The Morgan fingerprint density at radius 2 is 0.867 bits per heavy atom. The maximum Gasteiger partial charge on any atom is 0.220 e. The average molecular weight is 632 g/mol. The van der Waals surface area contributed by atoms with E-state index in [4.69, 9.17) is 0 Å². The first-order valence-corrected chi connectivity index (χ1v) is 19.7. The average Bonchev–Trinajstić information content (AvgIpc) is 3.04. The van der Waals surface area contributed by atoms with E-state index < -0.39 is 12.1 Å². The number of rotatable bonds is 35. The molecule has 0 spiro atoms. The van der Waals surface area contributed by atoms with Crippen molar-refractivity contribution >= 4 is 5.91 Å². The molecule has 0 aliphatic heterocycles. The molecular formula is C41H77NO3. The number of aliphatic hydroxyl groups excluding tert-OH is 2. The van der Waals surface area contributed by atoms with Crippen LogP contribution in [0.2, 0.25) is 0 Å². The summed E-state index contributed by atoms with van der Waals surface area (Å²) in [5.41, 5.74) is 0. The van der Waals surface area contributed by atoms with E-state index in [-0.39, 0.29) is 12.5 Å². The van der Waals surface area contributed by atoms with E-state index in [9.17, 15) is 15.0 Å². The van der Waals surface area contributed by atoms with Gasteiger partial charge in [0.2, 0.25) is 5.91 Å². The van der Waals surface area contributed by atoms with Gasteiger partial charge in [0.05, 0.1) is 18.8 Å². The molecule has 45 heavy (non-hydrogen) atoms. The molecule has 0 radical (unpaired) electrons. The van der Waals surface area contributed by atoms with Gasteiger partial charge in [-0.2, -0.15) is 0 Å². The molecule has 0 aliphatic rings. The lowest BCUT2D eigenvalue weighted by Gasteiger charge is -2.19. The van der Waals surface area contributed by atoms with Crippen LogP contribution in [0.3, 0.4) is 0 Å². The van der Waals surface area contributed by atoms with Crippen LogP contribution in [0.25, 0.3) is 0 Å². The monoisotopic (exact) mass is 632 g/mol. The van der Waals surface area contributed by atoms with Crippen molar-refractivity contribution in [1.82, 2.24) is 5.32 Å². The smallest absolute Gasteiger partial charge is 0.220 e. The second-order valence-electron chi connectivity index (χ2n) is 13.3. The summed E-state index contributed by atoms with van der Waals surface area (Å²) in [6.07, 6.45) is 48.2. The molecule has 0 rings (SSSR count). The molecule has 264 valence electrons. The fourth-order valence-corrected chi connectivity index (χ4v) is 5.80. The summed E-state index contributed by atoms with van der Waals surface area (Å²) in [4.78, 5) is 12.3. The maximum absolute atomic E-state index is 12.3. The van der Waals surface area contributed by atoms with Gasteiger partial charge in [-0.05, 0) is 44.9 Å². The third-order valence-corrected chi connectivity index (χ3v) is 8.85. The van der Waals surface area contributed by atoms with Crippen molar-refractivity contribution in [2.45, 2.75) is 212 Å². The number of carbonyl (C=O) groups excluding carboxylic acids is 1. The van der Waals surface area contributed by atoms with E-state index in [1.165, 1.54) is 141 Å². The Hall–Kier alpha value is -1.39. The first-order valence-electron chi connectivity index (χ1n) is 19.7. The predicted molar refractivity (Wildman–Crippen MR) is 198 cm³/mol. The van der Waals surface area contributed by atoms with Crippen LogP contribution in [0.15, 0.2) is 36.5 Å². The Labute approximate surface area is 281 Å². The molecule has 0 saturated carbocycles. The van der Waals surface area contributed by atoms with E-state index in [2.05, 4.69) is 43.5 Å². The van der Waals surface area contributed by atoms with Crippen molar-refractivity contribution in [2.75, 3.05) is 6.61 Å². The second-order valence-corrected chi connectivity index (χ2v) is 13.3. The quantitative estimate of drug-likeness (QED) is 0.0481. The van der Waals surface area contributed by atoms with Gasteiger partial charge in [-0.15, -0.1) is 0 Å². The summed E-state index contributed by atoms with van der Waals surface area (Å²) in [7, 11) is 0. The molecule has 0 aromatic carbocycles. The van der Waals surface area contributed by atoms with Crippen LogP contribution in [-0.4, -0.2) is 34.9 Å². The van der Waals surface area contributed by atoms with Crippen molar-refractivity contribution in [1.29, 1.82) is 0 Å². The normalized spacial score (nSPS) is 13.4. The Balaban J connectivity index is 3.64. The number of hydrogen-bond donors (Lipinski definition) is 3. The Bertz CT molecular complexity index is 686.